The van der Waals surface area contributed by atoms with Crippen molar-refractivity contribution in [3.05, 3.63) is 64.9 Å². The lowest BCUT2D eigenvalue weighted by atomic mass is 10.1. The fourth-order valence-electron chi connectivity index (χ4n) is 2.27. The highest BCUT2D eigenvalue weighted by Gasteiger charge is 2.14. The molecule has 4 nitrogen and oxygen atoms in total. The Morgan fingerprint density at radius 2 is 1.92 bits per heavy atom. The lowest BCUT2D eigenvalue weighted by Crippen LogP contribution is -2.33. The number of benzene rings is 2. The number of carbonyl (C=O) groups excluding carboxylic acids is 1. The van der Waals surface area contributed by atoms with Gasteiger partial charge in [-0.2, -0.15) is 5.10 Å². The van der Waals surface area contributed by atoms with Gasteiger partial charge in [0, 0.05) is 4.88 Å². The average Bonchev–Trinajstić information content (AvgIpc) is 3.14. The summed E-state index contributed by atoms with van der Waals surface area (Å²) in [5.41, 5.74) is 3.33. The third-order valence-corrected chi connectivity index (χ3v) is 4.59. The quantitative estimate of drug-likeness (QED) is 0.560. The van der Waals surface area contributed by atoms with Gasteiger partial charge in [0.15, 0.2) is 6.10 Å². The second-order valence-electron chi connectivity index (χ2n) is 5.42. The van der Waals surface area contributed by atoms with Crippen LogP contribution in [0, 0.1) is 0 Å². The van der Waals surface area contributed by atoms with E-state index < -0.39 is 6.10 Å². The summed E-state index contributed by atoms with van der Waals surface area (Å²) in [5.74, 6) is 0.384. The molecule has 0 radical (unpaired) electrons. The van der Waals surface area contributed by atoms with Crippen LogP contribution in [0.5, 0.6) is 5.75 Å². The molecule has 3 aromatic rings. The normalized spacial score (nSPS) is 12.8. The summed E-state index contributed by atoms with van der Waals surface area (Å²) in [7, 11) is 0. The number of amides is 1. The molecule has 0 fully saturated rings. The minimum Gasteiger partial charge on any atom is -0.481 e. The molecule has 1 aromatic heterocycles. The smallest absolute Gasteiger partial charge is 0.280 e. The van der Waals surface area contributed by atoms with Gasteiger partial charge in [-0.15, -0.1) is 11.3 Å². The van der Waals surface area contributed by atoms with Crippen LogP contribution in [0.15, 0.2) is 65.1 Å². The van der Waals surface area contributed by atoms with Crippen LogP contribution >= 0.6 is 11.3 Å². The molecule has 1 heterocycles. The van der Waals surface area contributed by atoms with Crippen LogP contribution in [0.25, 0.3) is 10.8 Å². The summed E-state index contributed by atoms with van der Waals surface area (Å²) in [6.45, 7) is 3.57. The zero-order valence-corrected chi connectivity index (χ0v) is 14.3. The van der Waals surface area contributed by atoms with Crippen molar-refractivity contribution in [3.8, 4) is 5.75 Å². The molecule has 3 rings (SSSR count). The molecular formula is C19H18N2O2S. The third-order valence-electron chi connectivity index (χ3n) is 3.61. The number of fused-ring (bicyclic) bond motifs is 1. The number of nitrogens with zero attached hydrogens (tertiary/aromatic N) is 1. The topological polar surface area (TPSA) is 50.7 Å². The molecule has 2 aromatic carbocycles. The SMILES string of the molecule is CC(=NNC(=O)C(C)Oc1ccc2ccccc2c1)c1cccs1. The van der Waals surface area contributed by atoms with Crippen LogP contribution in [-0.2, 0) is 4.79 Å². The fraction of sp³-hybridized carbons (Fsp3) is 0.158. The minimum atomic E-state index is -0.633. The number of nitrogens with one attached hydrogen (secondary N) is 1. The standard InChI is InChI=1S/C19H18N2O2S/c1-13(18-8-5-11-24-18)20-21-19(22)14(2)23-17-10-9-15-6-3-4-7-16(15)12-17/h3-12,14H,1-2H3,(H,21,22). The van der Waals surface area contributed by atoms with Gasteiger partial charge in [-0.1, -0.05) is 36.4 Å². The first-order valence-corrected chi connectivity index (χ1v) is 8.55. The number of thiophene rings is 1. The van der Waals surface area contributed by atoms with Crippen molar-refractivity contribution >= 4 is 33.7 Å². The molecule has 24 heavy (non-hydrogen) atoms. The Labute approximate surface area is 144 Å². The summed E-state index contributed by atoms with van der Waals surface area (Å²) in [6, 6.07) is 17.7. The summed E-state index contributed by atoms with van der Waals surface area (Å²) in [6.07, 6.45) is -0.633. The Hall–Kier alpha value is -2.66. The van der Waals surface area contributed by atoms with Crippen LogP contribution < -0.4 is 10.2 Å². The average molecular weight is 338 g/mol. The highest BCUT2D eigenvalue weighted by molar-refractivity contribution is 7.12. The van der Waals surface area contributed by atoms with Crippen molar-refractivity contribution in [1.29, 1.82) is 0 Å². The molecule has 0 aliphatic heterocycles. The highest BCUT2D eigenvalue weighted by atomic mass is 32.1. The first-order valence-electron chi connectivity index (χ1n) is 7.67. The van der Waals surface area contributed by atoms with E-state index in [0.29, 0.717) is 5.75 Å². The molecule has 0 saturated carbocycles. The number of ether oxygens (including phenoxy) is 1. The van der Waals surface area contributed by atoms with Gasteiger partial charge < -0.3 is 4.74 Å². The van der Waals surface area contributed by atoms with E-state index in [1.807, 2.05) is 66.9 Å². The Morgan fingerprint density at radius 1 is 1.12 bits per heavy atom. The summed E-state index contributed by atoms with van der Waals surface area (Å²) < 4.78 is 5.73. The first-order chi connectivity index (χ1) is 11.6. The molecule has 0 bridgehead atoms. The van der Waals surface area contributed by atoms with E-state index in [1.54, 1.807) is 18.3 Å². The predicted octanol–water partition coefficient (Wildman–Crippen LogP) is 4.21. The van der Waals surface area contributed by atoms with Gasteiger partial charge in [0.1, 0.15) is 5.75 Å². The van der Waals surface area contributed by atoms with Crippen LogP contribution in [0.1, 0.15) is 18.7 Å². The third kappa shape index (κ3) is 3.81. The first kappa shape index (κ1) is 16.2. The highest BCUT2D eigenvalue weighted by Crippen LogP contribution is 2.21. The van der Waals surface area contributed by atoms with E-state index in [2.05, 4.69) is 10.5 Å². The number of rotatable bonds is 5. The molecule has 0 saturated heterocycles. The van der Waals surface area contributed by atoms with Crippen molar-refractivity contribution in [3.63, 3.8) is 0 Å². The molecule has 0 aliphatic carbocycles. The van der Waals surface area contributed by atoms with Gasteiger partial charge in [-0.25, -0.2) is 5.43 Å². The largest absolute Gasteiger partial charge is 0.481 e. The number of hydrazone groups is 1. The maximum absolute atomic E-state index is 12.1. The molecule has 1 amide bonds. The monoisotopic (exact) mass is 338 g/mol. The lowest BCUT2D eigenvalue weighted by molar-refractivity contribution is -0.127. The van der Waals surface area contributed by atoms with E-state index in [4.69, 9.17) is 4.74 Å². The van der Waals surface area contributed by atoms with E-state index in [0.717, 1.165) is 21.4 Å². The van der Waals surface area contributed by atoms with E-state index in [-0.39, 0.29) is 5.91 Å². The van der Waals surface area contributed by atoms with Crippen molar-refractivity contribution in [1.82, 2.24) is 5.43 Å². The maximum Gasteiger partial charge on any atom is 0.280 e. The van der Waals surface area contributed by atoms with Crippen LogP contribution in [0.2, 0.25) is 0 Å². The van der Waals surface area contributed by atoms with Crippen molar-refractivity contribution in [2.45, 2.75) is 20.0 Å². The maximum atomic E-state index is 12.1. The molecule has 5 heteroatoms. The van der Waals surface area contributed by atoms with Crippen LogP contribution in [0.3, 0.4) is 0 Å². The Kier molecular flexibility index (Phi) is 4.91. The van der Waals surface area contributed by atoms with Crippen molar-refractivity contribution < 1.29 is 9.53 Å². The van der Waals surface area contributed by atoms with E-state index >= 15 is 0 Å². The Bertz CT molecular complexity index is 872. The summed E-state index contributed by atoms with van der Waals surface area (Å²) >= 11 is 1.58. The summed E-state index contributed by atoms with van der Waals surface area (Å²) in [5, 5.41) is 8.32. The number of carbonyl (C=O) groups is 1. The summed E-state index contributed by atoms with van der Waals surface area (Å²) in [4.78, 5) is 13.2. The Morgan fingerprint density at radius 3 is 2.67 bits per heavy atom. The molecule has 1 unspecified atom stereocenters. The molecule has 1 N–H and O–H groups in total. The van der Waals surface area contributed by atoms with Gasteiger partial charge in [0.05, 0.1) is 5.71 Å². The van der Waals surface area contributed by atoms with Gasteiger partial charge in [-0.3, -0.25) is 4.79 Å². The van der Waals surface area contributed by atoms with E-state index in [9.17, 15) is 4.79 Å². The molecule has 1 atom stereocenters. The molecule has 0 spiro atoms. The second-order valence-corrected chi connectivity index (χ2v) is 6.37. The van der Waals surface area contributed by atoms with Gasteiger partial charge in [0.25, 0.3) is 5.91 Å². The van der Waals surface area contributed by atoms with Crippen molar-refractivity contribution in [2.75, 3.05) is 0 Å². The zero-order chi connectivity index (χ0) is 16.9. The second kappa shape index (κ2) is 7.27. The lowest BCUT2D eigenvalue weighted by Gasteiger charge is -2.13. The van der Waals surface area contributed by atoms with Gasteiger partial charge in [0.2, 0.25) is 0 Å². The van der Waals surface area contributed by atoms with Crippen LogP contribution in [-0.4, -0.2) is 17.7 Å². The van der Waals surface area contributed by atoms with Crippen molar-refractivity contribution in [2.24, 2.45) is 5.10 Å². The fourth-order valence-corrected chi connectivity index (χ4v) is 2.94. The predicted molar refractivity (Wildman–Crippen MR) is 98.7 cm³/mol. The molecule has 122 valence electrons. The molecular weight excluding hydrogens is 320 g/mol. The van der Waals surface area contributed by atoms with Gasteiger partial charge >= 0.3 is 0 Å². The van der Waals surface area contributed by atoms with Crippen LogP contribution in [0.4, 0.5) is 0 Å². The van der Waals surface area contributed by atoms with E-state index in [1.165, 1.54) is 0 Å². The minimum absolute atomic E-state index is 0.279. The number of hydrogen-bond donors (Lipinski definition) is 1. The zero-order valence-electron chi connectivity index (χ0n) is 13.5. The Balaban J connectivity index is 1.63. The molecule has 0 aliphatic rings. The van der Waals surface area contributed by atoms with Gasteiger partial charge in [-0.05, 0) is 48.2 Å². The number of hydrogen-bond acceptors (Lipinski definition) is 4.